The first-order chi connectivity index (χ1) is 10.3. The molecule has 2 saturated heterocycles. The molecule has 7 nitrogen and oxygen atoms in total. The molecular weight excluding hydrogens is 284 g/mol. The lowest BCUT2D eigenvalue weighted by molar-refractivity contribution is -0.167. The van der Waals surface area contributed by atoms with Crippen molar-refractivity contribution in [3.8, 4) is 0 Å². The zero-order valence-electron chi connectivity index (χ0n) is 13.2. The zero-order valence-corrected chi connectivity index (χ0v) is 13.2. The summed E-state index contributed by atoms with van der Waals surface area (Å²) in [5.41, 5.74) is 7.11. The molecule has 0 bridgehead atoms. The summed E-state index contributed by atoms with van der Waals surface area (Å²) in [6.07, 6.45) is 1.78. The van der Waals surface area contributed by atoms with Crippen LogP contribution in [0.1, 0.15) is 24.1 Å². The highest BCUT2D eigenvalue weighted by Gasteiger charge is 2.48. The van der Waals surface area contributed by atoms with E-state index >= 15 is 0 Å². The van der Waals surface area contributed by atoms with E-state index in [2.05, 4.69) is 5.10 Å². The molecule has 1 aromatic rings. The molecule has 2 amide bonds. The maximum Gasteiger partial charge on any atom is 0.233 e. The lowest BCUT2D eigenvalue weighted by atomic mass is 9.87. The van der Waals surface area contributed by atoms with Gasteiger partial charge in [-0.25, -0.2) is 0 Å². The molecule has 3 heterocycles. The standard InChI is InChI=1S/C15H22N4O3/c1-9-10(4-17-18(9)3)11-5-19(6-12(11)13(16)20)14(21)15(2)7-22-8-15/h4,11-12H,5-8H2,1-3H3,(H2,16,20)/t11-,12+/m1/s1. The first-order valence-electron chi connectivity index (χ1n) is 7.48. The molecule has 7 heteroatoms. The molecule has 2 aliphatic rings. The third-order valence-corrected chi connectivity index (χ3v) is 5.00. The van der Waals surface area contributed by atoms with E-state index < -0.39 is 5.41 Å². The zero-order chi connectivity index (χ0) is 16.1. The van der Waals surface area contributed by atoms with Crippen LogP contribution in [0.25, 0.3) is 0 Å². The molecule has 120 valence electrons. The summed E-state index contributed by atoms with van der Waals surface area (Å²) < 4.78 is 6.95. The minimum absolute atomic E-state index is 0.0500. The molecule has 1 aromatic heterocycles. The summed E-state index contributed by atoms with van der Waals surface area (Å²) in [5, 5.41) is 4.24. The number of hydrogen-bond acceptors (Lipinski definition) is 4. The van der Waals surface area contributed by atoms with Crippen LogP contribution in [0.2, 0.25) is 0 Å². The minimum Gasteiger partial charge on any atom is -0.379 e. The van der Waals surface area contributed by atoms with Crippen LogP contribution < -0.4 is 5.73 Å². The topological polar surface area (TPSA) is 90.4 Å². The van der Waals surface area contributed by atoms with Gasteiger partial charge in [0.25, 0.3) is 0 Å². The Morgan fingerprint density at radius 1 is 1.41 bits per heavy atom. The van der Waals surface area contributed by atoms with Gasteiger partial charge in [0.05, 0.1) is 30.7 Å². The van der Waals surface area contributed by atoms with Crippen molar-refractivity contribution >= 4 is 11.8 Å². The van der Waals surface area contributed by atoms with Gasteiger partial charge in [-0.2, -0.15) is 5.10 Å². The van der Waals surface area contributed by atoms with Crippen molar-refractivity contribution in [3.63, 3.8) is 0 Å². The van der Waals surface area contributed by atoms with Crippen LogP contribution in [-0.4, -0.2) is 52.8 Å². The molecule has 3 rings (SSSR count). The largest absolute Gasteiger partial charge is 0.379 e. The summed E-state index contributed by atoms with van der Waals surface area (Å²) in [6, 6.07) is 0. The molecule has 0 aromatic carbocycles. The van der Waals surface area contributed by atoms with Crippen molar-refractivity contribution in [2.45, 2.75) is 19.8 Å². The second-order valence-electron chi connectivity index (χ2n) is 6.69. The highest BCUT2D eigenvalue weighted by atomic mass is 16.5. The lowest BCUT2D eigenvalue weighted by Gasteiger charge is -2.39. The first kappa shape index (κ1) is 15.0. The average Bonchev–Trinajstić information content (AvgIpc) is 3.01. The van der Waals surface area contributed by atoms with Crippen LogP contribution in [-0.2, 0) is 21.4 Å². The normalized spacial score (nSPS) is 26.8. The highest BCUT2D eigenvalue weighted by molar-refractivity contribution is 5.86. The second-order valence-corrected chi connectivity index (χ2v) is 6.69. The van der Waals surface area contributed by atoms with E-state index in [1.807, 2.05) is 20.9 Å². The van der Waals surface area contributed by atoms with Crippen LogP contribution in [0.4, 0.5) is 0 Å². The molecule has 2 atom stereocenters. The summed E-state index contributed by atoms with van der Waals surface area (Å²) >= 11 is 0. The molecule has 0 spiro atoms. The SMILES string of the molecule is Cc1c([C@H]2CN(C(=O)C3(C)COC3)C[C@@H]2C(N)=O)cnn1C. The summed E-state index contributed by atoms with van der Waals surface area (Å²) in [5.74, 6) is -0.760. The van der Waals surface area contributed by atoms with E-state index in [1.54, 1.807) is 15.8 Å². The number of likely N-dealkylation sites (tertiary alicyclic amines) is 1. The number of carbonyl (C=O) groups excluding carboxylic acids is 2. The number of ether oxygens (including phenoxy) is 1. The molecule has 2 N–H and O–H groups in total. The Morgan fingerprint density at radius 2 is 2.09 bits per heavy atom. The van der Waals surface area contributed by atoms with Crippen molar-refractivity contribution in [2.75, 3.05) is 26.3 Å². The molecule has 0 aliphatic carbocycles. The number of nitrogens with two attached hydrogens (primary N) is 1. The Bertz CT molecular complexity index is 620. The monoisotopic (exact) mass is 306 g/mol. The number of amides is 2. The Hall–Kier alpha value is -1.89. The van der Waals surface area contributed by atoms with E-state index in [4.69, 9.17) is 10.5 Å². The number of aromatic nitrogens is 2. The van der Waals surface area contributed by atoms with E-state index in [1.165, 1.54) is 0 Å². The van der Waals surface area contributed by atoms with Gasteiger partial charge in [-0.15, -0.1) is 0 Å². The van der Waals surface area contributed by atoms with Crippen molar-refractivity contribution in [3.05, 3.63) is 17.5 Å². The fraction of sp³-hybridized carbons (Fsp3) is 0.667. The molecule has 0 saturated carbocycles. The molecule has 22 heavy (non-hydrogen) atoms. The maximum atomic E-state index is 12.7. The number of hydrogen-bond donors (Lipinski definition) is 1. The number of primary amides is 1. The number of nitrogens with zero attached hydrogens (tertiary/aromatic N) is 3. The number of carbonyl (C=O) groups is 2. The molecular formula is C15H22N4O3. The quantitative estimate of drug-likeness (QED) is 0.837. The fourth-order valence-corrected chi connectivity index (χ4v) is 3.37. The number of rotatable bonds is 3. The molecule has 0 radical (unpaired) electrons. The van der Waals surface area contributed by atoms with Gasteiger partial charge in [-0.05, 0) is 19.4 Å². The number of aryl methyl sites for hydroxylation is 1. The predicted octanol–water partition coefficient (Wildman–Crippen LogP) is -0.208. The average molecular weight is 306 g/mol. The van der Waals surface area contributed by atoms with Gasteiger partial charge in [-0.1, -0.05) is 0 Å². The van der Waals surface area contributed by atoms with E-state index in [-0.39, 0.29) is 23.7 Å². The van der Waals surface area contributed by atoms with E-state index in [9.17, 15) is 9.59 Å². The van der Waals surface area contributed by atoms with Gasteiger partial charge in [0.1, 0.15) is 0 Å². The van der Waals surface area contributed by atoms with Crippen LogP contribution in [0.15, 0.2) is 6.20 Å². The summed E-state index contributed by atoms with van der Waals surface area (Å²) in [7, 11) is 1.86. The van der Waals surface area contributed by atoms with Crippen molar-refractivity contribution < 1.29 is 14.3 Å². The summed E-state index contributed by atoms with van der Waals surface area (Å²) in [6.45, 7) is 5.64. The van der Waals surface area contributed by atoms with E-state index in [0.29, 0.717) is 26.3 Å². The minimum atomic E-state index is -0.457. The van der Waals surface area contributed by atoms with Crippen LogP contribution in [0.5, 0.6) is 0 Å². The third kappa shape index (κ3) is 2.20. The van der Waals surface area contributed by atoms with Gasteiger partial charge < -0.3 is 15.4 Å². The van der Waals surface area contributed by atoms with Gasteiger partial charge in [0.15, 0.2) is 0 Å². The van der Waals surface area contributed by atoms with Crippen molar-refractivity contribution in [1.29, 1.82) is 0 Å². The van der Waals surface area contributed by atoms with Gasteiger partial charge in [-0.3, -0.25) is 14.3 Å². The van der Waals surface area contributed by atoms with E-state index in [0.717, 1.165) is 11.3 Å². The smallest absolute Gasteiger partial charge is 0.233 e. The van der Waals surface area contributed by atoms with Gasteiger partial charge in [0, 0.05) is 31.7 Å². The third-order valence-electron chi connectivity index (χ3n) is 5.00. The Morgan fingerprint density at radius 3 is 2.55 bits per heavy atom. The van der Waals surface area contributed by atoms with Crippen LogP contribution in [0, 0.1) is 18.3 Å². The van der Waals surface area contributed by atoms with Gasteiger partial charge >= 0.3 is 0 Å². The fourth-order valence-electron chi connectivity index (χ4n) is 3.37. The Labute approximate surface area is 129 Å². The Kier molecular flexibility index (Phi) is 3.47. The molecule has 2 fully saturated rings. The highest BCUT2D eigenvalue weighted by Crippen LogP contribution is 2.37. The van der Waals surface area contributed by atoms with Crippen molar-refractivity contribution in [2.24, 2.45) is 24.1 Å². The Balaban J connectivity index is 1.85. The van der Waals surface area contributed by atoms with Gasteiger partial charge in [0.2, 0.25) is 11.8 Å². The summed E-state index contributed by atoms with van der Waals surface area (Å²) in [4.78, 5) is 26.3. The second kappa shape index (κ2) is 5.08. The lowest BCUT2D eigenvalue weighted by Crippen LogP contribution is -2.53. The van der Waals surface area contributed by atoms with Crippen molar-refractivity contribution in [1.82, 2.24) is 14.7 Å². The van der Waals surface area contributed by atoms with Crippen LogP contribution in [0.3, 0.4) is 0 Å². The maximum absolute atomic E-state index is 12.7. The predicted molar refractivity (Wildman–Crippen MR) is 78.9 cm³/mol. The molecule has 2 aliphatic heterocycles. The first-order valence-corrected chi connectivity index (χ1v) is 7.48. The van der Waals surface area contributed by atoms with Crippen LogP contribution >= 0.6 is 0 Å². The molecule has 0 unspecified atom stereocenters.